The van der Waals surface area contributed by atoms with Crippen molar-refractivity contribution in [1.82, 2.24) is 0 Å². The van der Waals surface area contributed by atoms with Crippen molar-refractivity contribution in [2.45, 2.75) is 19.8 Å². The van der Waals surface area contributed by atoms with Gasteiger partial charge in [0.2, 0.25) is 0 Å². The predicted octanol–water partition coefficient (Wildman–Crippen LogP) is 3.10. The Morgan fingerprint density at radius 3 is 2.56 bits per heavy atom. The second kappa shape index (κ2) is 7.31. The molecule has 0 aliphatic carbocycles. The number of hydrogen-bond acceptors (Lipinski definition) is 2. The summed E-state index contributed by atoms with van der Waals surface area (Å²) in [6.07, 6.45) is 1.87. The van der Waals surface area contributed by atoms with Gasteiger partial charge >= 0.3 is 0 Å². The van der Waals surface area contributed by atoms with Gasteiger partial charge in [-0.1, -0.05) is 23.7 Å². The monoisotopic (exact) mass is 239 g/mol. The van der Waals surface area contributed by atoms with E-state index >= 15 is 0 Å². The lowest BCUT2D eigenvalue weighted by atomic mass is 10.1. The number of ether oxygens (including phenoxy) is 1. The minimum absolute atomic E-state index is 0.528. The first-order chi connectivity index (χ1) is 7.80. The molecule has 0 saturated carbocycles. The molecule has 0 amide bonds. The topological polar surface area (TPSA) is 35.2 Å². The van der Waals surface area contributed by atoms with Crippen molar-refractivity contribution < 1.29 is 4.74 Å². The lowest BCUT2D eigenvalue weighted by Gasteiger charge is -2.06. The van der Waals surface area contributed by atoms with Crippen LogP contribution >= 0.6 is 11.6 Å². The molecule has 3 heteroatoms. The van der Waals surface area contributed by atoms with Crippen LogP contribution in [0.25, 0.3) is 0 Å². The van der Waals surface area contributed by atoms with Crippen LogP contribution < -0.4 is 10.5 Å². The van der Waals surface area contributed by atoms with Crippen molar-refractivity contribution in [3.05, 3.63) is 40.9 Å². The second-order valence-corrected chi connectivity index (χ2v) is 3.77. The molecule has 0 heterocycles. The van der Waals surface area contributed by atoms with Gasteiger partial charge < -0.3 is 10.5 Å². The second-order valence-electron chi connectivity index (χ2n) is 3.55. The van der Waals surface area contributed by atoms with Crippen molar-refractivity contribution in [1.29, 1.82) is 0 Å². The summed E-state index contributed by atoms with van der Waals surface area (Å²) in [6.45, 7) is 3.21. The molecule has 0 saturated heterocycles. The number of benzene rings is 1. The van der Waals surface area contributed by atoms with Crippen LogP contribution in [0.15, 0.2) is 35.4 Å². The van der Waals surface area contributed by atoms with E-state index in [1.54, 1.807) is 5.54 Å². The van der Waals surface area contributed by atoms with Gasteiger partial charge in [0, 0.05) is 12.1 Å². The summed E-state index contributed by atoms with van der Waals surface area (Å²) in [5.74, 6) is 0.915. The van der Waals surface area contributed by atoms with Gasteiger partial charge in [0.15, 0.2) is 0 Å². The summed E-state index contributed by atoms with van der Waals surface area (Å²) < 4.78 is 5.38. The van der Waals surface area contributed by atoms with E-state index in [1.807, 2.05) is 19.1 Å². The van der Waals surface area contributed by atoms with Gasteiger partial charge in [-0.05, 0) is 43.0 Å². The first-order valence-electron chi connectivity index (χ1n) is 5.50. The Labute approximate surface area is 102 Å². The Morgan fingerprint density at radius 1 is 1.38 bits per heavy atom. The maximum absolute atomic E-state index is 5.64. The van der Waals surface area contributed by atoms with Crippen molar-refractivity contribution in [2.75, 3.05) is 13.2 Å². The molecule has 0 bridgehead atoms. The van der Waals surface area contributed by atoms with Gasteiger partial charge in [0.25, 0.3) is 0 Å². The molecule has 2 nitrogen and oxygen atoms in total. The largest absolute Gasteiger partial charge is 0.494 e. The van der Waals surface area contributed by atoms with Crippen LogP contribution in [0, 0.1) is 0 Å². The molecule has 1 aromatic rings. The van der Waals surface area contributed by atoms with Gasteiger partial charge in [-0.3, -0.25) is 0 Å². The fraction of sp³-hybridized carbons (Fsp3) is 0.385. The maximum Gasteiger partial charge on any atom is 0.119 e. The smallest absolute Gasteiger partial charge is 0.119 e. The fourth-order valence-electron chi connectivity index (χ4n) is 1.43. The summed E-state index contributed by atoms with van der Waals surface area (Å²) in [5, 5.41) is 0. The van der Waals surface area contributed by atoms with Gasteiger partial charge in [0.1, 0.15) is 5.75 Å². The molecule has 1 rings (SSSR count). The maximum atomic E-state index is 5.64. The number of aryl methyl sites for hydroxylation is 1. The quantitative estimate of drug-likeness (QED) is 0.828. The van der Waals surface area contributed by atoms with E-state index in [2.05, 4.69) is 12.1 Å². The van der Waals surface area contributed by atoms with Crippen molar-refractivity contribution >= 4 is 11.6 Å². The van der Waals surface area contributed by atoms with Crippen LogP contribution in [0.5, 0.6) is 5.75 Å². The molecule has 0 radical (unpaired) electrons. The normalized spacial score (nSPS) is 11.6. The van der Waals surface area contributed by atoms with Crippen LogP contribution in [-0.2, 0) is 6.42 Å². The zero-order valence-corrected chi connectivity index (χ0v) is 10.3. The Kier molecular flexibility index (Phi) is 5.98. The van der Waals surface area contributed by atoms with Crippen molar-refractivity contribution in [3.8, 4) is 5.75 Å². The molecular weight excluding hydrogens is 222 g/mol. The molecule has 0 atom stereocenters. The molecule has 88 valence electrons. The molecule has 0 aliphatic rings. The third-order valence-electron chi connectivity index (χ3n) is 2.39. The summed E-state index contributed by atoms with van der Waals surface area (Å²) in [6, 6.07) is 8.14. The summed E-state index contributed by atoms with van der Waals surface area (Å²) in [5.41, 5.74) is 9.47. The van der Waals surface area contributed by atoms with Crippen LogP contribution in [0.3, 0.4) is 0 Å². The van der Waals surface area contributed by atoms with Crippen molar-refractivity contribution in [3.63, 3.8) is 0 Å². The zero-order chi connectivity index (χ0) is 11.8. The third-order valence-corrected chi connectivity index (χ3v) is 2.69. The van der Waals surface area contributed by atoms with E-state index in [9.17, 15) is 0 Å². The Morgan fingerprint density at radius 2 is 2.06 bits per heavy atom. The molecule has 2 N–H and O–H groups in total. The molecule has 0 fully saturated rings. The molecule has 1 aromatic carbocycles. The Bertz CT molecular complexity index is 332. The van der Waals surface area contributed by atoms with Gasteiger partial charge in [0.05, 0.1) is 6.61 Å². The van der Waals surface area contributed by atoms with Crippen LogP contribution in [0.2, 0.25) is 0 Å². The molecule has 0 aromatic heterocycles. The Balaban J connectivity index is 2.49. The first kappa shape index (κ1) is 13.1. The summed E-state index contributed by atoms with van der Waals surface area (Å²) >= 11 is 5.64. The minimum Gasteiger partial charge on any atom is -0.494 e. The first-order valence-corrected chi connectivity index (χ1v) is 5.93. The van der Waals surface area contributed by atoms with Gasteiger partial charge in [-0.15, -0.1) is 0 Å². The van der Waals surface area contributed by atoms with Crippen LogP contribution in [0.1, 0.15) is 18.9 Å². The van der Waals surface area contributed by atoms with E-state index in [0.29, 0.717) is 13.2 Å². The minimum atomic E-state index is 0.528. The number of halogens is 1. The molecule has 0 spiro atoms. The lowest BCUT2D eigenvalue weighted by Crippen LogP contribution is -2.03. The average Bonchev–Trinajstić information content (AvgIpc) is 2.33. The molecular formula is C13H18ClNO. The third kappa shape index (κ3) is 4.25. The highest BCUT2D eigenvalue weighted by Gasteiger charge is 1.98. The van der Waals surface area contributed by atoms with E-state index in [-0.39, 0.29) is 0 Å². The summed E-state index contributed by atoms with van der Waals surface area (Å²) in [7, 11) is 0. The van der Waals surface area contributed by atoms with E-state index < -0.39 is 0 Å². The number of nitrogens with two attached hydrogens (primary N) is 1. The van der Waals surface area contributed by atoms with E-state index in [1.165, 1.54) is 5.56 Å². The fourth-order valence-corrected chi connectivity index (χ4v) is 1.62. The zero-order valence-electron chi connectivity index (χ0n) is 9.58. The number of hydrogen-bond donors (Lipinski definition) is 1. The average molecular weight is 240 g/mol. The van der Waals surface area contributed by atoms with Gasteiger partial charge in [-0.2, -0.15) is 0 Å². The van der Waals surface area contributed by atoms with E-state index in [0.717, 1.165) is 24.2 Å². The van der Waals surface area contributed by atoms with Crippen molar-refractivity contribution in [2.24, 2.45) is 5.73 Å². The highest BCUT2D eigenvalue weighted by Crippen LogP contribution is 2.15. The highest BCUT2D eigenvalue weighted by atomic mass is 35.5. The lowest BCUT2D eigenvalue weighted by molar-refractivity contribution is 0.340. The molecule has 0 aliphatic heterocycles. The summed E-state index contributed by atoms with van der Waals surface area (Å²) in [4.78, 5) is 0. The number of rotatable bonds is 6. The predicted molar refractivity (Wildman–Crippen MR) is 68.9 cm³/mol. The van der Waals surface area contributed by atoms with Crippen LogP contribution in [0.4, 0.5) is 0 Å². The van der Waals surface area contributed by atoms with Crippen LogP contribution in [-0.4, -0.2) is 13.2 Å². The SMILES string of the molecule is CCOc1ccc(CCC(=CCl)CN)cc1. The Hall–Kier alpha value is -0.990. The van der Waals surface area contributed by atoms with E-state index in [4.69, 9.17) is 22.1 Å². The highest BCUT2D eigenvalue weighted by molar-refractivity contribution is 6.25. The van der Waals surface area contributed by atoms with Gasteiger partial charge in [-0.25, -0.2) is 0 Å². The molecule has 0 unspecified atom stereocenters. The standard InChI is InChI=1S/C13H18ClNO/c1-2-16-13-7-5-11(6-8-13)3-4-12(9-14)10-15/h5-9H,2-4,10,15H2,1H3. The molecule has 16 heavy (non-hydrogen) atoms.